The molecule has 0 heterocycles. The van der Waals surface area contributed by atoms with E-state index in [0.29, 0.717) is 6.54 Å². The Hall–Kier alpha value is -3.50. The van der Waals surface area contributed by atoms with Crippen LogP contribution in [-0.4, -0.2) is 11.0 Å². The van der Waals surface area contributed by atoms with E-state index in [9.17, 15) is 9.90 Å². The van der Waals surface area contributed by atoms with Gasteiger partial charge in [-0.2, -0.15) is 0 Å². The quantitative estimate of drug-likeness (QED) is 0.334. The molecule has 0 bridgehead atoms. The van der Waals surface area contributed by atoms with Crippen molar-refractivity contribution in [1.82, 2.24) is 4.91 Å². The topological polar surface area (TPSA) is 102 Å². The molecule has 3 N–H and O–H groups in total. The van der Waals surface area contributed by atoms with Gasteiger partial charge >= 0.3 is 5.91 Å². The summed E-state index contributed by atoms with van der Waals surface area (Å²) in [6, 6.07) is 18.2. The fourth-order valence-corrected chi connectivity index (χ4v) is 2.26. The Morgan fingerprint density at radius 2 is 1.83 bits per heavy atom. The Balaban J connectivity index is 1.71. The van der Waals surface area contributed by atoms with Crippen LogP contribution in [0.4, 0.5) is 5.69 Å². The summed E-state index contributed by atoms with van der Waals surface area (Å²) in [5.74, 6) is -0.753. The molecular formula is C18H15N4O2+. The fourth-order valence-electron chi connectivity index (χ4n) is 2.26. The van der Waals surface area contributed by atoms with Crippen molar-refractivity contribution in [2.75, 3.05) is 5.73 Å². The molecule has 0 aliphatic carbocycles. The van der Waals surface area contributed by atoms with Crippen LogP contribution in [0, 0.1) is 0 Å². The van der Waals surface area contributed by atoms with Gasteiger partial charge in [-0.15, -0.1) is 0 Å². The third-order valence-electron chi connectivity index (χ3n) is 3.54. The van der Waals surface area contributed by atoms with Crippen LogP contribution in [0.3, 0.4) is 0 Å². The van der Waals surface area contributed by atoms with Crippen molar-refractivity contribution in [3.05, 3.63) is 71.8 Å². The number of phenolic OH excluding ortho intramolecular Hbond substituents is 1. The second-order valence-corrected chi connectivity index (χ2v) is 5.25. The predicted octanol–water partition coefficient (Wildman–Crippen LogP) is 3.44. The van der Waals surface area contributed by atoms with Gasteiger partial charge in [0.15, 0.2) is 0 Å². The number of aromatic hydroxyl groups is 1. The lowest BCUT2D eigenvalue weighted by Crippen LogP contribution is -1.96. The van der Waals surface area contributed by atoms with E-state index in [1.807, 2.05) is 42.5 Å². The van der Waals surface area contributed by atoms with Crippen LogP contribution >= 0.6 is 0 Å². The van der Waals surface area contributed by atoms with Crippen molar-refractivity contribution >= 4 is 22.4 Å². The number of hydrogen-bond donors (Lipinski definition) is 2. The number of hydrogen-bond acceptors (Lipinski definition) is 4. The maximum Gasteiger partial charge on any atom is 0.360 e. The molecule has 0 aliphatic rings. The van der Waals surface area contributed by atoms with E-state index in [4.69, 9.17) is 5.73 Å². The number of benzene rings is 3. The van der Waals surface area contributed by atoms with Crippen molar-refractivity contribution in [1.29, 1.82) is 0 Å². The summed E-state index contributed by atoms with van der Waals surface area (Å²) >= 11 is 0. The molecule has 3 rings (SSSR count). The summed E-state index contributed by atoms with van der Waals surface area (Å²) in [4.78, 5) is 15.4. The summed E-state index contributed by atoms with van der Waals surface area (Å²) in [6.45, 7) is 0.328. The van der Waals surface area contributed by atoms with Crippen LogP contribution in [0.15, 0.2) is 70.9 Å². The molecule has 0 unspecified atom stereocenters. The third kappa shape index (κ3) is 3.45. The zero-order valence-electron chi connectivity index (χ0n) is 12.8. The molecule has 0 radical (unpaired) electrons. The van der Waals surface area contributed by atoms with Crippen LogP contribution in [0.25, 0.3) is 10.8 Å². The van der Waals surface area contributed by atoms with E-state index in [1.54, 1.807) is 0 Å². The van der Waals surface area contributed by atoms with E-state index in [0.717, 1.165) is 16.3 Å². The number of rotatable bonds is 3. The molecule has 0 aromatic heterocycles. The third-order valence-corrected chi connectivity index (χ3v) is 3.54. The highest BCUT2D eigenvalue weighted by molar-refractivity contribution is 5.95. The van der Waals surface area contributed by atoms with E-state index in [-0.39, 0.29) is 17.0 Å². The number of carbonyl (C=O) groups is 1. The number of nitrogens with zero attached hydrogens (tertiary/aromatic N) is 3. The Labute approximate surface area is 138 Å². The van der Waals surface area contributed by atoms with Gasteiger partial charge in [-0.25, -0.2) is 0 Å². The minimum atomic E-state index is -0.590. The van der Waals surface area contributed by atoms with E-state index in [2.05, 4.69) is 15.1 Å². The lowest BCUT2D eigenvalue weighted by Gasteiger charge is -1.98. The van der Waals surface area contributed by atoms with Gasteiger partial charge in [-0.05, 0) is 40.6 Å². The monoisotopic (exact) mass is 319 g/mol. The van der Waals surface area contributed by atoms with Gasteiger partial charge in [0.05, 0.1) is 11.3 Å². The molecule has 3 aromatic rings. The highest BCUT2D eigenvalue weighted by Gasteiger charge is 2.11. The number of nitrogens with two attached hydrogens (primary N) is 1. The molecule has 3 aromatic carbocycles. The van der Waals surface area contributed by atoms with Crippen molar-refractivity contribution < 1.29 is 9.90 Å². The number of phenols is 1. The van der Waals surface area contributed by atoms with Gasteiger partial charge in [0.2, 0.25) is 10.0 Å². The molecular weight excluding hydrogens is 304 g/mol. The molecule has 0 atom stereocenters. The minimum absolute atomic E-state index is 0.163. The first-order valence-electron chi connectivity index (χ1n) is 7.31. The molecule has 118 valence electrons. The van der Waals surface area contributed by atoms with Crippen LogP contribution in [0.5, 0.6) is 5.75 Å². The highest BCUT2D eigenvalue weighted by atomic mass is 16.3. The number of amides is 1. The number of anilines is 1. The SMILES string of the molecule is Nc1ccc(C(=O)N=[N+]=NCc2ccc3ccccc3c2)cc1O. The molecule has 6 heteroatoms. The van der Waals surface area contributed by atoms with E-state index >= 15 is 0 Å². The Bertz CT molecular complexity index is 976. The van der Waals surface area contributed by atoms with Crippen LogP contribution < -0.4 is 10.6 Å². The summed E-state index contributed by atoms with van der Waals surface area (Å²) in [5.41, 5.74) is 6.86. The molecule has 0 saturated carbocycles. The van der Waals surface area contributed by atoms with Crippen LogP contribution in [0.1, 0.15) is 15.9 Å². The van der Waals surface area contributed by atoms with E-state index < -0.39 is 5.91 Å². The first kappa shape index (κ1) is 15.4. The molecule has 0 fully saturated rings. The molecule has 0 aliphatic heterocycles. The van der Waals surface area contributed by atoms with Crippen molar-refractivity contribution in [3.8, 4) is 5.75 Å². The predicted molar refractivity (Wildman–Crippen MR) is 91.5 cm³/mol. The lowest BCUT2D eigenvalue weighted by molar-refractivity contribution is 0.0992. The molecule has 24 heavy (non-hydrogen) atoms. The maximum absolute atomic E-state index is 11.8. The standard InChI is InChI=1S/C18H14N4O2/c19-16-8-7-15(10-17(16)23)18(24)21-22-20-11-12-5-6-13-3-1-2-4-14(13)9-12/h1-10,19H,11H2,(H,20,21,24)/p+1. The number of carbonyl (C=O) groups excluding carboxylic acids is 1. The average molecular weight is 319 g/mol. The van der Waals surface area contributed by atoms with Gasteiger partial charge in [-0.1, -0.05) is 36.4 Å². The zero-order chi connectivity index (χ0) is 16.9. The minimum Gasteiger partial charge on any atom is -0.506 e. The normalized spacial score (nSPS) is 10.2. The van der Waals surface area contributed by atoms with Crippen LogP contribution in [-0.2, 0) is 6.54 Å². The lowest BCUT2D eigenvalue weighted by atomic mass is 10.1. The van der Waals surface area contributed by atoms with Gasteiger partial charge < -0.3 is 10.8 Å². The van der Waals surface area contributed by atoms with Gasteiger partial charge in [0.25, 0.3) is 0 Å². The summed E-state index contributed by atoms with van der Waals surface area (Å²) < 4.78 is 0. The Kier molecular flexibility index (Phi) is 4.32. The maximum atomic E-state index is 11.8. The second-order valence-electron chi connectivity index (χ2n) is 5.25. The molecule has 6 nitrogen and oxygen atoms in total. The average Bonchev–Trinajstić information content (AvgIpc) is 2.60. The summed E-state index contributed by atoms with van der Waals surface area (Å²) in [7, 11) is 0. The molecule has 0 saturated heterocycles. The summed E-state index contributed by atoms with van der Waals surface area (Å²) in [5, 5.41) is 19.2. The van der Waals surface area contributed by atoms with Crippen molar-refractivity contribution in [2.45, 2.75) is 6.54 Å². The first-order chi connectivity index (χ1) is 11.6. The van der Waals surface area contributed by atoms with Gasteiger partial charge in [0.1, 0.15) is 17.4 Å². The van der Waals surface area contributed by atoms with E-state index in [1.165, 1.54) is 18.2 Å². The van der Waals surface area contributed by atoms with Gasteiger partial charge in [0, 0.05) is 0 Å². The first-order valence-corrected chi connectivity index (χ1v) is 7.31. The van der Waals surface area contributed by atoms with Crippen molar-refractivity contribution in [3.63, 3.8) is 0 Å². The number of fused-ring (bicyclic) bond motifs is 1. The Morgan fingerprint density at radius 3 is 2.62 bits per heavy atom. The summed E-state index contributed by atoms with van der Waals surface area (Å²) in [6.07, 6.45) is 0. The Morgan fingerprint density at radius 1 is 1.04 bits per heavy atom. The fraction of sp³-hybridized carbons (Fsp3) is 0.0556. The largest absolute Gasteiger partial charge is 0.506 e. The highest BCUT2D eigenvalue weighted by Crippen LogP contribution is 2.21. The van der Waals surface area contributed by atoms with Crippen molar-refractivity contribution in [2.24, 2.45) is 10.2 Å². The van der Waals surface area contributed by atoms with Crippen LogP contribution in [0.2, 0.25) is 0 Å². The second kappa shape index (κ2) is 6.73. The smallest absolute Gasteiger partial charge is 0.360 e. The number of nitrogen functional groups attached to an aromatic ring is 1. The zero-order valence-corrected chi connectivity index (χ0v) is 12.8. The molecule has 1 amide bonds. The van der Waals surface area contributed by atoms with Gasteiger partial charge in [-0.3, -0.25) is 4.79 Å². The molecule has 0 spiro atoms.